The van der Waals surface area contributed by atoms with E-state index in [1.165, 1.54) is 0 Å². The number of anilines is 1. The number of benzene rings is 2. The Kier molecular flexibility index (Phi) is 7.20. The fourth-order valence-corrected chi connectivity index (χ4v) is 4.63. The molecule has 1 aliphatic heterocycles. The minimum atomic E-state index is -0.241. The number of carbonyl (C=O) groups is 2. The average molecular weight is 483 g/mol. The van der Waals surface area contributed by atoms with Gasteiger partial charge in [-0.15, -0.1) is 0 Å². The molecule has 7 heteroatoms. The van der Waals surface area contributed by atoms with Gasteiger partial charge in [0.05, 0.1) is 10.6 Å². The van der Waals surface area contributed by atoms with E-state index in [0.29, 0.717) is 35.0 Å². The summed E-state index contributed by atoms with van der Waals surface area (Å²) in [4.78, 5) is 27.5. The molecule has 0 atom stereocenters. The lowest BCUT2D eigenvalue weighted by Gasteiger charge is -2.23. The second kappa shape index (κ2) is 10.3. The molecular weight excluding hydrogens is 463 g/mol. The predicted octanol–water partition coefficient (Wildman–Crippen LogP) is 6.29. The van der Waals surface area contributed by atoms with Crippen LogP contribution >= 0.6 is 35.0 Å². The molecule has 32 heavy (non-hydrogen) atoms. The van der Waals surface area contributed by atoms with Crippen LogP contribution in [0.1, 0.15) is 22.3 Å². The van der Waals surface area contributed by atoms with Crippen molar-refractivity contribution in [1.82, 2.24) is 5.32 Å². The summed E-state index contributed by atoms with van der Waals surface area (Å²) in [5.74, 6) is -0.151. The number of nitrogens with zero attached hydrogens (tertiary/aromatic N) is 1. The summed E-state index contributed by atoms with van der Waals surface area (Å²) in [6, 6.07) is 12.9. The molecule has 0 spiro atoms. The molecule has 2 aliphatic rings. The highest BCUT2D eigenvalue weighted by Crippen LogP contribution is 2.35. The maximum absolute atomic E-state index is 12.8. The van der Waals surface area contributed by atoms with Crippen LogP contribution in [0.25, 0.3) is 0 Å². The summed E-state index contributed by atoms with van der Waals surface area (Å²) >= 11 is 14.1. The molecule has 2 aromatic carbocycles. The zero-order valence-electron chi connectivity index (χ0n) is 17.1. The summed E-state index contributed by atoms with van der Waals surface area (Å²) in [5, 5.41) is 5.94. The minimum absolute atomic E-state index is 0.0901. The topological polar surface area (TPSA) is 49.4 Å². The number of amides is 1. The molecule has 0 saturated carbocycles. The maximum atomic E-state index is 12.8. The average Bonchev–Trinajstić information content (AvgIpc) is 2.80. The van der Waals surface area contributed by atoms with Crippen LogP contribution in [-0.2, 0) is 11.2 Å². The molecule has 0 radical (unpaired) electrons. The molecule has 0 unspecified atom stereocenters. The zero-order valence-corrected chi connectivity index (χ0v) is 19.4. The van der Waals surface area contributed by atoms with Crippen molar-refractivity contribution in [2.45, 2.75) is 12.8 Å². The highest BCUT2D eigenvalue weighted by Gasteiger charge is 2.17. The Bertz CT molecular complexity index is 1180. The van der Waals surface area contributed by atoms with Crippen molar-refractivity contribution < 1.29 is 9.59 Å². The van der Waals surface area contributed by atoms with Gasteiger partial charge in [0.15, 0.2) is 5.78 Å². The third-order valence-electron chi connectivity index (χ3n) is 5.06. The van der Waals surface area contributed by atoms with Crippen molar-refractivity contribution >= 4 is 52.3 Å². The number of nitrogens with one attached hydrogen (secondary N) is 1. The lowest BCUT2D eigenvalue weighted by atomic mass is 10.0. The second-order valence-corrected chi connectivity index (χ2v) is 9.02. The van der Waals surface area contributed by atoms with E-state index in [4.69, 9.17) is 23.2 Å². The van der Waals surface area contributed by atoms with E-state index in [2.05, 4.69) is 5.32 Å². The summed E-state index contributed by atoms with van der Waals surface area (Å²) in [7, 11) is 0. The molecule has 0 saturated heterocycles. The molecule has 0 aromatic heterocycles. The summed E-state index contributed by atoms with van der Waals surface area (Å²) < 4.78 is 0. The maximum Gasteiger partial charge on any atom is 0.252 e. The molecule has 1 heterocycles. The molecule has 4 nitrogen and oxygen atoms in total. The van der Waals surface area contributed by atoms with Crippen molar-refractivity contribution in [2.24, 2.45) is 0 Å². The SMILES string of the molecule is O=C1C=CC=C(C2=CN(c3ccc(Cl)c(C(=O)NCCc4ccccc4Cl)c3)C=CS2)C1. The standard InChI is InChI=1S/C25H20Cl2N2O2S/c26-22-7-2-1-4-17(22)10-11-28-25(31)21-15-19(8-9-23(21)27)29-12-13-32-24(16-29)18-5-3-6-20(30)14-18/h1-9,12-13,15-16H,10-11,14H2,(H,28,31). The van der Waals surface area contributed by atoms with Crippen LogP contribution in [-0.4, -0.2) is 18.2 Å². The van der Waals surface area contributed by atoms with Crippen LogP contribution in [0.3, 0.4) is 0 Å². The third kappa shape index (κ3) is 5.36. The van der Waals surface area contributed by atoms with E-state index in [1.54, 1.807) is 36.0 Å². The van der Waals surface area contributed by atoms with E-state index in [9.17, 15) is 9.59 Å². The highest BCUT2D eigenvalue weighted by atomic mass is 35.5. The van der Waals surface area contributed by atoms with Crippen LogP contribution in [0, 0.1) is 0 Å². The van der Waals surface area contributed by atoms with Crippen molar-refractivity contribution in [1.29, 1.82) is 0 Å². The van der Waals surface area contributed by atoms with Gasteiger partial charge in [-0.2, -0.15) is 0 Å². The lowest BCUT2D eigenvalue weighted by molar-refractivity contribution is -0.114. The van der Waals surface area contributed by atoms with Crippen LogP contribution in [0.4, 0.5) is 5.69 Å². The van der Waals surface area contributed by atoms with Gasteiger partial charge in [-0.25, -0.2) is 0 Å². The number of rotatable bonds is 6. The van der Waals surface area contributed by atoms with Crippen LogP contribution in [0.5, 0.6) is 0 Å². The molecule has 0 bridgehead atoms. The Morgan fingerprint density at radius 1 is 1.12 bits per heavy atom. The van der Waals surface area contributed by atoms with Gasteiger partial charge in [-0.05, 0) is 53.3 Å². The van der Waals surface area contributed by atoms with Crippen molar-refractivity contribution in [3.8, 4) is 0 Å². The number of ketones is 1. The first kappa shape index (κ1) is 22.5. The van der Waals surface area contributed by atoms with Gasteiger partial charge in [0, 0.05) is 41.0 Å². The number of hydrogen-bond donors (Lipinski definition) is 1. The first-order valence-electron chi connectivity index (χ1n) is 10.1. The van der Waals surface area contributed by atoms with E-state index in [1.807, 2.05) is 59.1 Å². The molecule has 2 aromatic rings. The molecular formula is C25H20Cl2N2O2S. The van der Waals surface area contributed by atoms with Gasteiger partial charge in [0.25, 0.3) is 5.91 Å². The number of hydrogen-bond acceptors (Lipinski definition) is 4. The van der Waals surface area contributed by atoms with Crippen molar-refractivity contribution in [2.75, 3.05) is 11.4 Å². The van der Waals surface area contributed by atoms with Gasteiger partial charge < -0.3 is 10.2 Å². The fraction of sp³-hybridized carbons (Fsp3) is 0.120. The third-order valence-corrected chi connectivity index (χ3v) is 6.64. The van der Waals surface area contributed by atoms with Gasteiger partial charge in [-0.1, -0.05) is 65.3 Å². The lowest BCUT2D eigenvalue weighted by Crippen LogP contribution is -2.26. The molecule has 1 N–H and O–H groups in total. The van der Waals surface area contributed by atoms with Crippen LogP contribution in [0.15, 0.2) is 89.0 Å². The smallest absolute Gasteiger partial charge is 0.252 e. The molecule has 1 amide bonds. The summed E-state index contributed by atoms with van der Waals surface area (Å²) in [6.45, 7) is 0.448. The second-order valence-electron chi connectivity index (χ2n) is 7.26. The molecule has 4 rings (SSSR count). The Balaban J connectivity index is 1.47. The molecule has 0 fully saturated rings. The van der Waals surface area contributed by atoms with Crippen LogP contribution < -0.4 is 10.2 Å². The monoisotopic (exact) mass is 482 g/mol. The van der Waals surface area contributed by atoms with Gasteiger partial charge in [-0.3, -0.25) is 9.59 Å². The predicted molar refractivity (Wildman–Crippen MR) is 133 cm³/mol. The number of thioether (sulfide) groups is 1. The molecule has 1 aliphatic carbocycles. The normalized spacial score (nSPS) is 15.4. The Hall–Kier alpha value is -2.73. The first-order chi connectivity index (χ1) is 15.5. The number of halogens is 2. The fourth-order valence-electron chi connectivity index (χ4n) is 3.39. The van der Waals surface area contributed by atoms with Crippen LogP contribution in [0.2, 0.25) is 10.0 Å². The number of allylic oxidation sites excluding steroid dienone is 4. The summed E-state index contributed by atoms with van der Waals surface area (Å²) in [6.07, 6.45) is 10.2. The van der Waals surface area contributed by atoms with E-state index in [0.717, 1.165) is 21.7 Å². The quantitative estimate of drug-likeness (QED) is 0.525. The summed E-state index contributed by atoms with van der Waals surface area (Å²) in [5.41, 5.74) is 3.16. The van der Waals surface area contributed by atoms with Crippen molar-refractivity contribution in [3.63, 3.8) is 0 Å². The van der Waals surface area contributed by atoms with E-state index in [-0.39, 0.29) is 11.7 Å². The highest BCUT2D eigenvalue weighted by molar-refractivity contribution is 8.06. The van der Waals surface area contributed by atoms with Gasteiger partial charge >= 0.3 is 0 Å². The van der Waals surface area contributed by atoms with E-state index >= 15 is 0 Å². The first-order valence-corrected chi connectivity index (χ1v) is 11.7. The Morgan fingerprint density at radius 2 is 1.97 bits per heavy atom. The zero-order chi connectivity index (χ0) is 22.5. The van der Waals surface area contributed by atoms with E-state index < -0.39 is 0 Å². The van der Waals surface area contributed by atoms with Gasteiger partial charge in [0.2, 0.25) is 0 Å². The largest absolute Gasteiger partial charge is 0.352 e. The Morgan fingerprint density at radius 3 is 2.78 bits per heavy atom. The number of carbonyl (C=O) groups excluding carboxylic acids is 2. The van der Waals surface area contributed by atoms with Crippen molar-refractivity contribution in [3.05, 3.63) is 110 Å². The molecule has 162 valence electrons. The van der Waals surface area contributed by atoms with Gasteiger partial charge in [0.1, 0.15) is 0 Å². The Labute approximate surface area is 201 Å². The minimum Gasteiger partial charge on any atom is -0.352 e.